The number of hydrogen-bond donors (Lipinski definition) is 1. The van der Waals surface area contributed by atoms with Gasteiger partial charge in [0, 0.05) is 19.2 Å². The van der Waals surface area contributed by atoms with Crippen molar-refractivity contribution in [3.63, 3.8) is 0 Å². The van der Waals surface area contributed by atoms with Crippen molar-refractivity contribution in [1.82, 2.24) is 10.2 Å². The van der Waals surface area contributed by atoms with Crippen LogP contribution in [0.25, 0.3) is 0 Å². The molecular weight excluding hydrogens is 224 g/mol. The van der Waals surface area contributed by atoms with Crippen molar-refractivity contribution in [2.45, 2.75) is 53.5 Å². The molecule has 3 heteroatoms. The second kappa shape index (κ2) is 11.9. The molecule has 0 aliphatic rings. The zero-order valence-electron chi connectivity index (χ0n) is 13.2. The molecule has 0 fully saturated rings. The minimum Gasteiger partial charge on any atom is -0.380 e. The Bertz CT molecular complexity index is 170. The van der Waals surface area contributed by atoms with E-state index < -0.39 is 0 Å². The van der Waals surface area contributed by atoms with E-state index in [0.29, 0.717) is 12.0 Å². The number of rotatable bonds is 12. The Morgan fingerprint density at radius 1 is 1.11 bits per heavy atom. The lowest BCUT2D eigenvalue weighted by atomic mass is 10.2. The van der Waals surface area contributed by atoms with Gasteiger partial charge in [-0.3, -0.25) is 0 Å². The van der Waals surface area contributed by atoms with Crippen LogP contribution in [0.4, 0.5) is 0 Å². The summed E-state index contributed by atoms with van der Waals surface area (Å²) in [5.41, 5.74) is 0. The standard InChI is InChI=1S/C15H34N2O/c1-6-17(7-2)11-8-9-15(5)16-10-12-18-13-14(3)4/h14-16H,6-13H2,1-5H3. The zero-order chi connectivity index (χ0) is 13.8. The van der Waals surface area contributed by atoms with Crippen LogP contribution >= 0.6 is 0 Å². The molecule has 0 saturated heterocycles. The summed E-state index contributed by atoms with van der Waals surface area (Å²) < 4.78 is 5.55. The Hall–Kier alpha value is -0.120. The summed E-state index contributed by atoms with van der Waals surface area (Å²) in [5, 5.41) is 3.52. The van der Waals surface area contributed by atoms with Gasteiger partial charge in [-0.05, 0) is 45.3 Å². The quantitative estimate of drug-likeness (QED) is 0.545. The van der Waals surface area contributed by atoms with Crippen LogP contribution in [0.5, 0.6) is 0 Å². The fourth-order valence-electron chi connectivity index (χ4n) is 1.96. The number of ether oxygens (including phenoxy) is 1. The maximum atomic E-state index is 5.55. The molecule has 3 nitrogen and oxygen atoms in total. The van der Waals surface area contributed by atoms with E-state index >= 15 is 0 Å². The summed E-state index contributed by atoms with van der Waals surface area (Å²) in [6, 6.07) is 0.600. The topological polar surface area (TPSA) is 24.5 Å². The van der Waals surface area contributed by atoms with Crippen LogP contribution in [0.2, 0.25) is 0 Å². The molecule has 1 atom stereocenters. The summed E-state index contributed by atoms with van der Waals surface area (Å²) in [7, 11) is 0. The molecule has 0 saturated carbocycles. The van der Waals surface area contributed by atoms with Gasteiger partial charge in [-0.1, -0.05) is 27.7 Å². The molecule has 0 radical (unpaired) electrons. The van der Waals surface area contributed by atoms with Crippen LogP contribution in [0.3, 0.4) is 0 Å². The zero-order valence-corrected chi connectivity index (χ0v) is 13.2. The van der Waals surface area contributed by atoms with Crippen molar-refractivity contribution in [3.05, 3.63) is 0 Å². The highest BCUT2D eigenvalue weighted by atomic mass is 16.5. The second-order valence-electron chi connectivity index (χ2n) is 5.49. The normalized spacial score (nSPS) is 13.5. The Kier molecular flexibility index (Phi) is 11.9. The molecule has 110 valence electrons. The third-order valence-electron chi connectivity index (χ3n) is 3.20. The lowest BCUT2D eigenvalue weighted by Gasteiger charge is -2.19. The van der Waals surface area contributed by atoms with Gasteiger partial charge in [0.1, 0.15) is 0 Å². The fraction of sp³-hybridized carbons (Fsp3) is 1.00. The molecule has 0 aromatic rings. The molecule has 0 amide bonds. The third-order valence-corrected chi connectivity index (χ3v) is 3.20. The predicted molar refractivity (Wildman–Crippen MR) is 80.1 cm³/mol. The van der Waals surface area contributed by atoms with Gasteiger partial charge >= 0.3 is 0 Å². The van der Waals surface area contributed by atoms with Crippen LogP contribution in [-0.4, -0.2) is 50.3 Å². The smallest absolute Gasteiger partial charge is 0.0591 e. The Morgan fingerprint density at radius 3 is 2.33 bits per heavy atom. The van der Waals surface area contributed by atoms with Crippen LogP contribution in [0, 0.1) is 5.92 Å². The highest BCUT2D eigenvalue weighted by Crippen LogP contribution is 1.99. The van der Waals surface area contributed by atoms with Crippen LogP contribution < -0.4 is 5.32 Å². The Labute approximate surface area is 114 Å². The second-order valence-corrected chi connectivity index (χ2v) is 5.49. The average Bonchev–Trinajstić information content (AvgIpc) is 2.34. The highest BCUT2D eigenvalue weighted by Gasteiger charge is 2.03. The lowest BCUT2D eigenvalue weighted by molar-refractivity contribution is 0.110. The van der Waals surface area contributed by atoms with Gasteiger partial charge in [-0.15, -0.1) is 0 Å². The van der Waals surface area contributed by atoms with Gasteiger partial charge in [-0.25, -0.2) is 0 Å². The van der Waals surface area contributed by atoms with E-state index in [9.17, 15) is 0 Å². The first-order valence-corrected chi connectivity index (χ1v) is 7.63. The van der Waals surface area contributed by atoms with Gasteiger partial charge < -0.3 is 15.0 Å². The van der Waals surface area contributed by atoms with Crippen LogP contribution in [-0.2, 0) is 4.74 Å². The van der Waals surface area contributed by atoms with E-state index in [2.05, 4.69) is 44.8 Å². The molecule has 0 aromatic carbocycles. The summed E-state index contributed by atoms with van der Waals surface area (Å²) in [6.45, 7) is 17.3. The first-order valence-electron chi connectivity index (χ1n) is 7.63. The van der Waals surface area contributed by atoms with E-state index in [4.69, 9.17) is 4.74 Å². The molecule has 1 unspecified atom stereocenters. The largest absolute Gasteiger partial charge is 0.380 e. The fourth-order valence-corrected chi connectivity index (χ4v) is 1.96. The van der Waals surface area contributed by atoms with Crippen LogP contribution in [0.15, 0.2) is 0 Å². The number of nitrogens with one attached hydrogen (secondary N) is 1. The van der Waals surface area contributed by atoms with E-state index in [1.807, 2.05) is 0 Å². The summed E-state index contributed by atoms with van der Waals surface area (Å²) >= 11 is 0. The molecular formula is C15H34N2O. The number of nitrogens with zero attached hydrogens (tertiary/aromatic N) is 1. The maximum Gasteiger partial charge on any atom is 0.0591 e. The first kappa shape index (κ1) is 17.9. The maximum absolute atomic E-state index is 5.55. The lowest BCUT2D eigenvalue weighted by Crippen LogP contribution is -2.31. The molecule has 0 rings (SSSR count). The molecule has 0 aliphatic carbocycles. The van der Waals surface area contributed by atoms with Gasteiger partial charge in [-0.2, -0.15) is 0 Å². The molecule has 0 bridgehead atoms. The van der Waals surface area contributed by atoms with Crippen molar-refractivity contribution in [2.24, 2.45) is 5.92 Å². The summed E-state index contributed by atoms with van der Waals surface area (Å²) in [6.07, 6.45) is 2.53. The highest BCUT2D eigenvalue weighted by molar-refractivity contribution is 4.62. The summed E-state index contributed by atoms with van der Waals surface area (Å²) in [5.74, 6) is 0.636. The molecule has 0 spiro atoms. The molecule has 1 N–H and O–H groups in total. The Balaban J connectivity index is 3.34. The van der Waals surface area contributed by atoms with Crippen molar-refractivity contribution in [2.75, 3.05) is 39.4 Å². The van der Waals surface area contributed by atoms with Crippen LogP contribution in [0.1, 0.15) is 47.5 Å². The molecule has 0 aliphatic heterocycles. The minimum atomic E-state index is 0.600. The predicted octanol–water partition coefficient (Wildman–Crippen LogP) is 2.76. The summed E-state index contributed by atoms with van der Waals surface area (Å²) in [4.78, 5) is 2.48. The molecule has 0 heterocycles. The van der Waals surface area contributed by atoms with E-state index in [0.717, 1.165) is 19.8 Å². The third kappa shape index (κ3) is 11.0. The van der Waals surface area contributed by atoms with Gasteiger partial charge in [0.25, 0.3) is 0 Å². The minimum absolute atomic E-state index is 0.600. The van der Waals surface area contributed by atoms with E-state index in [1.165, 1.54) is 32.5 Å². The van der Waals surface area contributed by atoms with Crippen molar-refractivity contribution >= 4 is 0 Å². The Morgan fingerprint density at radius 2 is 1.78 bits per heavy atom. The molecule has 0 aromatic heterocycles. The van der Waals surface area contributed by atoms with Crippen molar-refractivity contribution < 1.29 is 4.74 Å². The van der Waals surface area contributed by atoms with Crippen molar-refractivity contribution in [1.29, 1.82) is 0 Å². The van der Waals surface area contributed by atoms with Gasteiger partial charge in [0.05, 0.1) is 6.61 Å². The monoisotopic (exact) mass is 258 g/mol. The first-order chi connectivity index (χ1) is 8.60. The van der Waals surface area contributed by atoms with E-state index in [-0.39, 0.29) is 0 Å². The van der Waals surface area contributed by atoms with Crippen molar-refractivity contribution in [3.8, 4) is 0 Å². The van der Waals surface area contributed by atoms with E-state index in [1.54, 1.807) is 0 Å². The average molecular weight is 258 g/mol. The number of hydrogen-bond acceptors (Lipinski definition) is 3. The van der Waals surface area contributed by atoms with Gasteiger partial charge in [0.2, 0.25) is 0 Å². The SMILES string of the molecule is CCN(CC)CCCC(C)NCCOCC(C)C. The molecule has 18 heavy (non-hydrogen) atoms. The van der Waals surface area contributed by atoms with Gasteiger partial charge in [0.15, 0.2) is 0 Å².